The molecule has 7 nitrogen and oxygen atoms in total. The van der Waals surface area contributed by atoms with Gasteiger partial charge in [-0.3, -0.25) is 9.59 Å². The predicted molar refractivity (Wildman–Crippen MR) is 101 cm³/mol. The number of piperidine rings is 2. The number of rotatable bonds is 4. The van der Waals surface area contributed by atoms with Gasteiger partial charge in [-0.15, -0.1) is 12.4 Å². The number of benzene rings is 1. The van der Waals surface area contributed by atoms with E-state index in [-0.39, 0.29) is 42.4 Å². The molecule has 0 aliphatic carbocycles. The third-order valence-corrected chi connectivity index (χ3v) is 6.00. The number of sulfone groups is 1. The van der Waals surface area contributed by atoms with Crippen molar-refractivity contribution in [2.45, 2.75) is 42.7 Å². The summed E-state index contributed by atoms with van der Waals surface area (Å²) >= 11 is 0. The average Bonchev–Trinajstić information content (AvgIpc) is 2.58. The highest BCUT2D eigenvalue weighted by molar-refractivity contribution is 7.90. The van der Waals surface area contributed by atoms with Gasteiger partial charge in [0.25, 0.3) is 0 Å². The van der Waals surface area contributed by atoms with Crippen molar-refractivity contribution in [3.63, 3.8) is 0 Å². The molecular formula is C17H22ClF2N3O4S. The molecule has 0 bridgehead atoms. The smallest absolute Gasteiger partial charge is 0.245 e. The van der Waals surface area contributed by atoms with E-state index in [0.29, 0.717) is 38.4 Å². The lowest BCUT2D eigenvalue weighted by molar-refractivity contribution is -0.139. The third kappa shape index (κ3) is 4.72. The van der Waals surface area contributed by atoms with Crippen LogP contribution in [0.15, 0.2) is 17.0 Å². The Labute approximate surface area is 168 Å². The van der Waals surface area contributed by atoms with Gasteiger partial charge >= 0.3 is 0 Å². The molecular weight excluding hydrogens is 416 g/mol. The maximum atomic E-state index is 14.3. The van der Waals surface area contributed by atoms with E-state index in [9.17, 15) is 26.8 Å². The molecule has 1 aromatic rings. The molecule has 2 amide bonds. The molecule has 2 saturated heterocycles. The van der Waals surface area contributed by atoms with Crippen LogP contribution in [0.4, 0.5) is 14.5 Å². The van der Waals surface area contributed by atoms with Gasteiger partial charge in [0.1, 0.15) is 22.6 Å². The molecule has 3 rings (SSSR count). The van der Waals surface area contributed by atoms with Crippen molar-refractivity contribution in [2.24, 2.45) is 0 Å². The first-order chi connectivity index (χ1) is 12.7. The molecule has 0 spiro atoms. The minimum atomic E-state index is -3.90. The summed E-state index contributed by atoms with van der Waals surface area (Å²) < 4.78 is 51.3. The second-order valence-electron chi connectivity index (χ2n) is 6.90. The Morgan fingerprint density at radius 2 is 1.89 bits per heavy atom. The number of carbonyl (C=O) groups is 2. The molecule has 2 fully saturated rings. The average molecular weight is 438 g/mol. The molecule has 1 unspecified atom stereocenters. The number of hydrogen-bond donors (Lipinski definition) is 2. The first-order valence-electron chi connectivity index (χ1n) is 8.69. The Morgan fingerprint density at radius 3 is 2.54 bits per heavy atom. The van der Waals surface area contributed by atoms with Crippen LogP contribution in [0.25, 0.3) is 0 Å². The molecule has 2 N–H and O–H groups in total. The molecule has 0 aromatic heterocycles. The van der Waals surface area contributed by atoms with Crippen molar-refractivity contribution >= 4 is 39.7 Å². The van der Waals surface area contributed by atoms with Crippen molar-refractivity contribution in [1.82, 2.24) is 10.2 Å². The number of carbonyl (C=O) groups excluding carboxylic acids is 2. The maximum Gasteiger partial charge on any atom is 0.245 e. The van der Waals surface area contributed by atoms with Gasteiger partial charge in [-0.2, -0.15) is 0 Å². The number of halogens is 3. The zero-order valence-electron chi connectivity index (χ0n) is 15.2. The van der Waals surface area contributed by atoms with E-state index < -0.39 is 32.4 Å². The lowest BCUT2D eigenvalue weighted by atomic mass is 9.97. The summed E-state index contributed by atoms with van der Waals surface area (Å²) in [6.07, 6.45) is 2.76. The zero-order valence-corrected chi connectivity index (χ0v) is 16.8. The minimum absolute atomic E-state index is 0. The highest BCUT2D eigenvalue weighted by atomic mass is 35.5. The lowest BCUT2D eigenvalue weighted by Gasteiger charge is -2.39. The van der Waals surface area contributed by atoms with Crippen LogP contribution in [0.2, 0.25) is 0 Å². The quantitative estimate of drug-likeness (QED) is 0.743. The molecule has 2 atom stereocenters. The fourth-order valence-electron chi connectivity index (χ4n) is 3.54. The molecule has 11 heteroatoms. The molecule has 2 heterocycles. The van der Waals surface area contributed by atoms with Crippen LogP contribution in [-0.4, -0.2) is 56.6 Å². The Kier molecular flexibility index (Phi) is 6.87. The predicted octanol–water partition coefficient (Wildman–Crippen LogP) is 1.47. The minimum Gasteiger partial charge on any atom is -0.371 e. The second kappa shape index (κ2) is 8.60. The topological polar surface area (TPSA) is 95.6 Å². The first-order valence-corrected chi connectivity index (χ1v) is 10.6. The van der Waals surface area contributed by atoms with E-state index in [1.807, 2.05) is 0 Å². The van der Waals surface area contributed by atoms with Crippen LogP contribution >= 0.6 is 12.4 Å². The Morgan fingerprint density at radius 1 is 1.18 bits per heavy atom. The summed E-state index contributed by atoms with van der Waals surface area (Å²) in [7, 11) is -3.90. The number of nitrogens with one attached hydrogen (secondary N) is 2. The number of likely N-dealkylation sites (tertiary alicyclic amines) is 1. The maximum absolute atomic E-state index is 14.3. The highest BCUT2D eigenvalue weighted by Crippen LogP contribution is 2.27. The van der Waals surface area contributed by atoms with Gasteiger partial charge in [-0.25, -0.2) is 17.2 Å². The molecule has 2 aliphatic rings. The van der Waals surface area contributed by atoms with E-state index in [1.54, 1.807) is 4.90 Å². The third-order valence-electron chi connectivity index (χ3n) is 4.89. The van der Waals surface area contributed by atoms with Gasteiger partial charge in [0, 0.05) is 37.9 Å². The van der Waals surface area contributed by atoms with Crippen LogP contribution in [0, 0.1) is 11.6 Å². The summed E-state index contributed by atoms with van der Waals surface area (Å²) in [5.74, 6) is -2.41. The summed E-state index contributed by atoms with van der Waals surface area (Å²) in [5, 5.41) is 5.41. The second-order valence-corrected chi connectivity index (χ2v) is 8.89. The van der Waals surface area contributed by atoms with E-state index in [0.717, 1.165) is 12.3 Å². The Hall–Kier alpha value is -1.94. The van der Waals surface area contributed by atoms with Crippen molar-refractivity contribution in [3.05, 3.63) is 23.8 Å². The SMILES string of the molecule is CS(=O)(=O)c1cc(F)c(NC2CCCN([C@H]3CCNC(=O)C3)C2=O)cc1F.Cl. The van der Waals surface area contributed by atoms with Gasteiger partial charge in [0.2, 0.25) is 11.8 Å². The molecule has 0 radical (unpaired) electrons. The van der Waals surface area contributed by atoms with Crippen LogP contribution in [0.1, 0.15) is 25.7 Å². The molecule has 2 aliphatic heterocycles. The Balaban J connectivity index is 0.00000280. The molecule has 28 heavy (non-hydrogen) atoms. The van der Waals surface area contributed by atoms with E-state index >= 15 is 0 Å². The van der Waals surface area contributed by atoms with Gasteiger partial charge in [0.05, 0.1) is 5.69 Å². The van der Waals surface area contributed by atoms with E-state index in [2.05, 4.69) is 10.6 Å². The zero-order chi connectivity index (χ0) is 19.8. The largest absolute Gasteiger partial charge is 0.371 e. The number of amides is 2. The monoisotopic (exact) mass is 437 g/mol. The normalized spacial score (nSPS) is 23.0. The Bertz CT molecular complexity index is 881. The van der Waals surface area contributed by atoms with Gasteiger partial charge in [-0.1, -0.05) is 0 Å². The number of nitrogens with zero attached hydrogens (tertiary/aromatic N) is 1. The van der Waals surface area contributed by atoms with Crippen molar-refractivity contribution in [2.75, 3.05) is 24.7 Å². The molecule has 156 valence electrons. The summed E-state index contributed by atoms with van der Waals surface area (Å²) in [6, 6.07) is 0.405. The van der Waals surface area contributed by atoms with E-state index in [1.165, 1.54) is 0 Å². The van der Waals surface area contributed by atoms with Crippen LogP contribution in [-0.2, 0) is 19.4 Å². The number of hydrogen-bond acceptors (Lipinski definition) is 5. The van der Waals surface area contributed by atoms with Gasteiger partial charge in [0.15, 0.2) is 9.84 Å². The number of anilines is 1. The van der Waals surface area contributed by atoms with Crippen molar-refractivity contribution in [1.29, 1.82) is 0 Å². The van der Waals surface area contributed by atoms with Crippen LogP contribution in [0.3, 0.4) is 0 Å². The summed E-state index contributed by atoms with van der Waals surface area (Å²) in [6.45, 7) is 1.01. The lowest BCUT2D eigenvalue weighted by Crippen LogP contribution is -2.55. The fraction of sp³-hybridized carbons (Fsp3) is 0.529. The summed E-state index contributed by atoms with van der Waals surface area (Å²) in [4.78, 5) is 25.3. The van der Waals surface area contributed by atoms with Crippen LogP contribution in [0.5, 0.6) is 0 Å². The van der Waals surface area contributed by atoms with Crippen molar-refractivity contribution in [3.8, 4) is 0 Å². The molecule has 0 saturated carbocycles. The standard InChI is InChI=1S/C17H21F2N3O4S.ClH/c1-27(25,26)15-9-11(18)14(8-12(15)19)21-13-3-2-6-22(17(13)24)10-4-5-20-16(23)7-10;/h8-10,13,21H,2-7H2,1H3,(H,20,23);1H/t10-,13?;/m0./s1. The molecule has 1 aromatic carbocycles. The highest BCUT2D eigenvalue weighted by Gasteiger charge is 2.35. The van der Waals surface area contributed by atoms with Gasteiger partial charge < -0.3 is 15.5 Å². The van der Waals surface area contributed by atoms with E-state index in [4.69, 9.17) is 0 Å². The van der Waals surface area contributed by atoms with Crippen LogP contribution < -0.4 is 10.6 Å². The first kappa shape index (κ1) is 22.4. The summed E-state index contributed by atoms with van der Waals surface area (Å²) in [5.41, 5.74) is -0.263. The van der Waals surface area contributed by atoms with Crippen molar-refractivity contribution < 1.29 is 26.8 Å². The van der Waals surface area contributed by atoms with Gasteiger partial charge in [-0.05, 0) is 25.3 Å². The fourth-order valence-corrected chi connectivity index (χ4v) is 4.27.